The predicted octanol–water partition coefficient (Wildman–Crippen LogP) is 2.69. The van der Waals surface area contributed by atoms with E-state index in [2.05, 4.69) is 27.1 Å². The number of rotatable bonds is 6. The molecule has 2 rings (SSSR count). The number of aryl methyl sites for hydroxylation is 1. The maximum absolute atomic E-state index is 5.95. The van der Waals surface area contributed by atoms with E-state index in [-0.39, 0.29) is 6.04 Å². The zero-order valence-electron chi connectivity index (χ0n) is 11.8. The number of nitrogens with two attached hydrogens (primary N) is 1. The summed E-state index contributed by atoms with van der Waals surface area (Å²) < 4.78 is 8.79. The molecule has 108 valence electrons. The molecule has 0 aliphatic carbocycles. The number of halogens is 1. The second kappa shape index (κ2) is 6.90. The summed E-state index contributed by atoms with van der Waals surface area (Å²) in [4.78, 5) is 0. The van der Waals surface area contributed by atoms with Gasteiger partial charge in [0, 0.05) is 31.4 Å². The summed E-state index contributed by atoms with van der Waals surface area (Å²) >= 11 is 3.55. The van der Waals surface area contributed by atoms with E-state index in [1.165, 1.54) is 0 Å². The highest BCUT2D eigenvalue weighted by Crippen LogP contribution is 2.30. The van der Waals surface area contributed by atoms with Crippen LogP contribution < -0.4 is 10.5 Å². The molecule has 0 radical (unpaired) electrons. The standard InChI is InChI=1S/C15H20BrN3O/c1-11(17)10-12-4-3-5-14(16)15(12)20-9-7-13-6-8-18-19(13)2/h3-6,8,11H,7,9-10,17H2,1-2H3. The average molecular weight is 338 g/mol. The molecule has 20 heavy (non-hydrogen) atoms. The van der Waals surface area contributed by atoms with Crippen molar-refractivity contribution in [1.29, 1.82) is 0 Å². The predicted molar refractivity (Wildman–Crippen MR) is 83.9 cm³/mol. The molecular weight excluding hydrogens is 318 g/mol. The summed E-state index contributed by atoms with van der Waals surface area (Å²) in [6, 6.07) is 8.18. The molecule has 0 amide bonds. The second-order valence-corrected chi connectivity index (χ2v) is 5.81. The van der Waals surface area contributed by atoms with E-state index < -0.39 is 0 Å². The van der Waals surface area contributed by atoms with Gasteiger partial charge in [0.2, 0.25) is 0 Å². The minimum absolute atomic E-state index is 0.115. The lowest BCUT2D eigenvalue weighted by molar-refractivity contribution is 0.312. The van der Waals surface area contributed by atoms with E-state index in [4.69, 9.17) is 10.5 Å². The van der Waals surface area contributed by atoms with Crippen LogP contribution in [0.4, 0.5) is 0 Å². The van der Waals surface area contributed by atoms with Crippen molar-refractivity contribution >= 4 is 15.9 Å². The summed E-state index contributed by atoms with van der Waals surface area (Å²) in [5.74, 6) is 0.895. The second-order valence-electron chi connectivity index (χ2n) is 4.95. The SMILES string of the molecule is CC(N)Cc1cccc(Br)c1OCCc1ccnn1C. The molecular formula is C15H20BrN3O. The van der Waals surface area contributed by atoms with Crippen molar-refractivity contribution in [1.82, 2.24) is 9.78 Å². The van der Waals surface area contributed by atoms with Gasteiger partial charge in [0.05, 0.1) is 11.1 Å². The average Bonchev–Trinajstić information content (AvgIpc) is 2.78. The van der Waals surface area contributed by atoms with E-state index in [9.17, 15) is 0 Å². The highest BCUT2D eigenvalue weighted by atomic mass is 79.9. The van der Waals surface area contributed by atoms with E-state index in [1.807, 2.05) is 36.9 Å². The quantitative estimate of drug-likeness (QED) is 0.881. The normalized spacial score (nSPS) is 12.4. The molecule has 1 aromatic carbocycles. The first-order valence-electron chi connectivity index (χ1n) is 6.70. The van der Waals surface area contributed by atoms with Crippen LogP contribution in [0.5, 0.6) is 5.75 Å². The Kier molecular flexibility index (Phi) is 5.20. The molecule has 2 N–H and O–H groups in total. The van der Waals surface area contributed by atoms with Crippen LogP contribution in [0.25, 0.3) is 0 Å². The zero-order chi connectivity index (χ0) is 14.5. The molecule has 1 atom stereocenters. The van der Waals surface area contributed by atoms with E-state index in [0.29, 0.717) is 6.61 Å². The fraction of sp³-hybridized carbons (Fsp3) is 0.400. The van der Waals surface area contributed by atoms with Crippen LogP contribution in [-0.2, 0) is 19.9 Å². The van der Waals surface area contributed by atoms with Gasteiger partial charge in [-0.3, -0.25) is 4.68 Å². The van der Waals surface area contributed by atoms with Crippen LogP contribution in [-0.4, -0.2) is 22.4 Å². The molecule has 0 fully saturated rings. The van der Waals surface area contributed by atoms with Gasteiger partial charge < -0.3 is 10.5 Å². The molecule has 2 aromatic rings. The van der Waals surface area contributed by atoms with Crippen molar-refractivity contribution in [3.8, 4) is 5.75 Å². The summed E-state index contributed by atoms with van der Waals surface area (Å²) in [6.45, 7) is 2.62. The first-order chi connectivity index (χ1) is 9.58. The number of ether oxygens (including phenoxy) is 1. The highest BCUT2D eigenvalue weighted by molar-refractivity contribution is 9.10. The third-order valence-corrected chi connectivity index (χ3v) is 3.74. The van der Waals surface area contributed by atoms with Crippen LogP contribution in [0.3, 0.4) is 0 Å². The molecule has 0 spiro atoms. The van der Waals surface area contributed by atoms with E-state index in [1.54, 1.807) is 6.20 Å². The zero-order valence-corrected chi connectivity index (χ0v) is 13.4. The Morgan fingerprint density at radius 1 is 1.40 bits per heavy atom. The fourth-order valence-corrected chi connectivity index (χ4v) is 2.65. The van der Waals surface area contributed by atoms with E-state index in [0.717, 1.165) is 34.3 Å². The lowest BCUT2D eigenvalue weighted by atomic mass is 10.1. The van der Waals surface area contributed by atoms with E-state index >= 15 is 0 Å². The van der Waals surface area contributed by atoms with Gasteiger partial charge in [0.15, 0.2) is 0 Å². The maximum atomic E-state index is 5.95. The van der Waals surface area contributed by atoms with Crippen molar-refractivity contribution < 1.29 is 4.74 Å². The van der Waals surface area contributed by atoms with Gasteiger partial charge in [0.1, 0.15) is 5.75 Å². The van der Waals surface area contributed by atoms with Crippen molar-refractivity contribution in [2.75, 3.05) is 6.61 Å². The number of hydrogen-bond acceptors (Lipinski definition) is 3. The topological polar surface area (TPSA) is 53.1 Å². The molecule has 0 aliphatic heterocycles. The van der Waals surface area contributed by atoms with Gasteiger partial charge in [-0.15, -0.1) is 0 Å². The molecule has 1 aromatic heterocycles. The number of para-hydroxylation sites is 1. The Bertz CT molecular complexity index is 566. The number of hydrogen-bond donors (Lipinski definition) is 1. The van der Waals surface area contributed by atoms with Crippen LogP contribution >= 0.6 is 15.9 Å². The Hall–Kier alpha value is -1.33. The summed E-state index contributed by atoms with van der Waals surface area (Å²) in [7, 11) is 1.94. The maximum Gasteiger partial charge on any atom is 0.136 e. The van der Waals surface area contributed by atoms with Crippen molar-refractivity contribution in [2.45, 2.75) is 25.8 Å². The molecule has 5 heteroatoms. The highest BCUT2D eigenvalue weighted by Gasteiger charge is 2.10. The Morgan fingerprint density at radius 3 is 2.85 bits per heavy atom. The van der Waals surface area contributed by atoms with Crippen LogP contribution in [0.2, 0.25) is 0 Å². The lowest BCUT2D eigenvalue weighted by Crippen LogP contribution is -2.18. The fourth-order valence-electron chi connectivity index (χ4n) is 2.13. The lowest BCUT2D eigenvalue weighted by Gasteiger charge is -2.14. The summed E-state index contributed by atoms with van der Waals surface area (Å²) in [5, 5.41) is 4.15. The Labute approximate surface area is 128 Å². The molecule has 1 unspecified atom stereocenters. The molecule has 4 nitrogen and oxygen atoms in total. The van der Waals surface area contributed by atoms with Gasteiger partial charge in [-0.1, -0.05) is 12.1 Å². The third kappa shape index (κ3) is 3.84. The molecule has 0 saturated carbocycles. The number of nitrogens with zero attached hydrogens (tertiary/aromatic N) is 2. The summed E-state index contributed by atoms with van der Waals surface area (Å²) in [5.41, 5.74) is 8.18. The largest absolute Gasteiger partial charge is 0.492 e. The van der Waals surface area contributed by atoms with Crippen molar-refractivity contribution in [3.63, 3.8) is 0 Å². The van der Waals surface area contributed by atoms with Crippen LogP contribution in [0.1, 0.15) is 18.2 Å². The van der Waals surface area contributed by atoms with Crippen molar-refractivity contribution in [3.05, 3.63) is 46.2 Å². The van der Waals surface area contributed by atoms with Gasteiger partial charge in [-0.25, -0.2) is 0 Å². The van der Waals surface area contributed by atoms with Gasteiger partial charge in [-0.05, 0) is 47.0 Å². The number of benzene rings is 1. The minimum Gasteiger partial charge on any atom is -0.492 e. The number of aromatic nitrogens is 2. The minimum atomic E-state index is 0.115. The molecule has 1 heterocycles. The monoisotopic (exact) mass is 337 g/mol. The van der Waals surface area contributed by atoms with Crippen molar-refractivity contribution in [2.24, 2.45) is 12.8 Å². The van der Waals surface area contributed by atoms with Gasteiger partial charge >= 0.3 is 0 Å². The Balaban J connectivity index is 2.03. The molecule has 0 saturated heterocycles. The molecule has 0 bridgehead atoms. The summed E-state index contributed by atoms with van der Waals surface area (Å²) in [6.07, 6.45) is 3.44. The molecule has 0 aliphatic rings. The third-order valence-electron chi connectivity index (χ3n) is 3.12. The van der Waals surface area contributed by atoms with Crippen LogP contribution in [0.15, 0.2) is 34.9 Å². The van der Waals surface area contributed by atoms with Gasteiger partial charge in [0.25, 0.3) is 0 Å². The Morgan fingerprint density at radius 2 is 2.20 bits per heavy atom. The van der Waals surface area contributed by atoms with Gasteiger partial charge in [-0.2, -0.15) is 5.10 Å². The smallest absolute Gasteiger partial charge is 0.136 e. The first-order valence-corrected chi connectivity index (χ1v) is 7.50. The first kappa shape index (κ1) is 15.1. The van der Waals surface area contributed by atoms with Crippen LogP contribution in [0, 0.1) is 0 Å².